The lowest BCUT2D eigenvalue weighted by Crippen LogP contribution is -2.61. The van der Waals surface area contributed by atoms with Gasteiger partial charge in [-0.3, -0.25) is 62.3 Å². The van der Waals surface area contributed by atoms with Gasteiger partial charge in [-0.1, -0.05) is 76.6 Å². The van der Waals surface area contributed by atoms with Crippen molar-refractivity contribution in [2.75, 3.05) is 18.1 Å². The maximum atomic E-state index is 14.7. The van der Waals surface area contributed by atoms with Gasteiger partial charge in [0, 0.05) is 67.3 Å². The first kappa shape index (κ1) is 82.7. The molecule has 2 heterocycles. The van der Waals surface area contributed by atoms with Crippen LogP contribution in [0.1, 0.15) is 101 Å². The Bertz CT molecular complexity index is 3690. The molecule has 102 heavy (non-hydrogen) atoms. The maximum absolute atomic E-state index is 14.7. The lowest BCUT2D eigenvalue weighted by Gasteiger charge is -2.30. The number of para-hydroxylation sites is 1. The number of H-pyrrole nitrogens is 1. The van der Waals surface area contributed by atoms with Crippen LogP contribution in [-0.4, -0.2) is 214 Å². The van der Waals surface area contributed by atoms with Gasteiger partial charge in [-0.25, -0.2) is 4.79 Å². The zero-order chi connectivity index (χ0) is 75.8. The van der Waals surface area contributed by atoms with Crippen molar-refractivity contribution < 1.29 is 97.8 Å². The number of aliphatic hydroxyl groups excluding tert-OH is 1. The molecule has 0 bridgehead atoms. The number of nitrogens with zero attached hydrogens (tertiary/aromatic N) is 1. The Morgan fingerprint density at radius 3 is 1.75 bits per heavy atom. The lowest BCUT2D eigenvalue weighted by atomic mass is 9.96. The Morgan fingerprint density at radius 1 is 0.598 bits per heavy atom. The number of rotatable bonds is 40. The van der Waals surface area contributed by atoms with Crippen molar-refractivity contribution in [3.8, 4) is 11.5 Å². The van der Waals surface area contributed by atoms with Crippen LogP contribution < -0.4 is 59.3 Å². The molecule has 11 amide bonds. The van der Waals surface area contributed by atoms with E-state index in [1.807, 2.05) is 0 Å². The summed E-state index contributed by atoms with van der Waals surface area (Å²) in [6, 6.07) is -0.455. The lowest BCUT2D eigenvalue weighted by molar-refractivity contribution is -0.143. The number of nitrogens with two attached hydrogens (primary N) is 2. The number of carbonyl (C=O) groups excluding carboxylic acids is 11. The second kappa shape index (κ2) is 39.3. The minimum absolute atomic E-state index is 0.0444. The van der Waals surface area contributed by atoms with Crippen molar-refractivity contribution in [3.63, 3.8) is 0 Å². The smallest absolute Gasteiger partial charge is 0.326 e. The van der Waals surface area contributed by atoms with Gasteiger partial charge in [0.1, 0.15) is 71.9 Å². The first-order valence-electron chi connectivity index (χ1n) is 32.9. The average Bonchev–Trinajstić information content (AvgIpc) is 1.63. The van der Waals surface area contributed by atoms with E-state index in [4.69, 9.17) is 11.5 Å². The van der Waals surface area contributed by atoms with Gasteiger partial charge in [0.25, 0.3) is 0 Å². The quantitative estimate of drug-likeness (QED) is 0.0219. The third kappa shape index (κ3) is 25.0. The third-order valence-electron chi connectivity index (χ3n) is 17.0. The number of primary amides is 1. The summed E-state index contributed by atoms with van der Waals surface area (Å²) in [6.45, 7) is 7.69. The first-order valence-corrected chi connectivity index (χ1v) is 34.1. The number of hydrogen-bond donors (Lipinski definition) is 20. The summed E-state index contributed by atoms with van der Waals surface area (Å²) < 4.78 is 0. The summed E-state index contributed by atoms with van der Waals surface area (Å²) in [7, 11) is 0. The number of fused-ring (bicyclic) bond motifs is 1. The van der Waals surface area contributed by atoms with E-state index >= 15 is 0 Å². The van der Waals surface area contributed by atoms with Gasteiger partial charge in [0.2, 0.25) is 65.0 Å². The number of phenols is 2. The molecule has 1 aromatic heterocycles. The fourth-order valence-electron chi connectivity index (χ4n) is 11.2. The first-order chi connectivity index (χ1) is 48.1. The molecule has 4 aromatic rings. The van der Waals surface area contributed by atoms with Crippen LogP contribution in [0.4, 0.5) is 0 Å². The van der Waals surface area contributed by atoms with Gasteiger partial charge in [0.05, 0.1) is 18.6 Å². The molecule has 0 aliphatic carbocycles. The number of aryl methyl sites for hydroxylation is 1. The molecule has 33 nitrogen and oxygen atoms in total. The summed E-state index contributed by atoms with van der Waals surface area (Å²) >= 11 is 8.57. The van der Waals surface area contributed by atoms with Crippen LogP contribution in [0.25, 0.3) is 10.9 Å². The Kier molecular flexibility index (Phi) is 31.8. The number of hydrogen-bond acceptors (Lipinski definition) is 20. The Morgan fingerprint density at radius 2 is 1.14 bits per heavy atom. The number of aromatic amines is 1. The zero-order valence-corrected chi connectivity index (χ0v) is 58.6. The zero-order valence-electron chi connectivity index (χ0n) is 56.8. The molecule has 1 aliphatic rings. The van der Waals surface area contributed by atoms with Crippen LogP contribution in [0, 0.1) is 18.8 Å². The Balaban J connectivity index is 1.37. The minimum atomic E-state index is -2.01. The van der Waals surface area contributed by atoms with E-state index < -0.39 is 217 Å². The van der Waals surface area contributed by atoms with Gasteiger partial charge in [0.15, 0.2) is 0 Å². The number of phenolic OH excluding ortho intramolecular Hbond substituents is 2. The Hall–Kier alpha value is -10.0. The second-order valence-electron chi connectivity index (χ2n) is 25.5. The van der Waals surface area contributed by atoms with Crippen LogP contribution in [0.3, 0.4) is 0 Å². The van der Waals surface area contributed by atoms with Gasteiger partial charge >= 0.3 is 17.9 Å². The minimum Gasteiger partial charge on any atom is -0.508 e. The molecular weight excluding hydrogens is 1370 g/mol. The highest BCUT2D eigenvalue weighted by molar-refractivity contribution is 7.80. The van der Waals surface area contributed by atoms with Crippen LogP contribution in [0.2, 0.25) is 0 Å². The summed E-state index contributed by atoms with van der Waals surface area (Å²) in [5.41, 5.74) is 13.7. The molecule has 3 aromatic carbocycles. The maximum Gasteiger partial charge on any atom is 0.326 e. The normalized spacial score (nSPS) is 16.7. The number of aromatic hydroxyl groups is 2. The number of benzene rings is 3. The van der Waals surface area contributed by atoms with E-state index in [0.717, 1.165) is 4.90 Å². The number of β-amino-alcohol motifs (C(OH)–C–C–N with tert-alkyl or cyclic N) is 1. The standard InChI is InChI=1S/C67H91N13O20S2/c1-6-33(4)56(65(97)72-44(67(99)100)16-19-53(69)84)79-62(94)47(25-37-28-70-42-10-8-7-9-40(37)42)74-63(95)49(30-101)77-59(91)45(21-32(2)3)73-61(93)48(27-55(87)88)75-60(92)46(24-36-13-18-52(83)34(5)22-36)76-64(96)51-26-39(82)29-80(51)66(98)50(31-102)78-58(90)43(17-20-54(85)86)71-57(89)41(68)23-35-11-14-38(81)15-12-35/h7-15,18,22,28,32-33,39,41,43-51,56,70,81-83,101-102H,6,16-17,19-21,23-27,29-31,68H2,1-5H3,(H2,69,84)(H,71,89)(H,72,97)(H,73,93)(H,74,95)(H,75,92)(H,76,96)(H,77,91)(H,78,90)(H,79,94)(H,85,86)(H,87,88)(H,99,100)/t33-,39+,41-,43+,44-,45-,46-,47-,48-,49-,50-,51-,56-/m0/s1. The van der Waals surface area contributed by atoms with E-state index in [9.17, 15) is 97.8 Å². The van der Waals surface area contributed by atoms with Gasteiger partial charge in [-0.05, 0) is 91.0 Å². The SMILES string of the molecule is CC[C@H](C)[C@H](NC(=O)[C@H](Cc1c[nH]c2ccccc12)NC(=O)[C@H](CS)NC(=O)[C@H](CC(C)C)NC(=O)[C@H](CC(=O)O)NC(=O)[C@H](Cc1ccc(O)c(C)c1)NC(=O)[C@@H]1C[C@@H](O)CN1C(=O)[C@H](CS)NC(=O)[C@@H](CCC(=O)O)NC(=O)[C@@H](N)Cc1ccc(O)cc1)C(=O)N[C@@H](CCC(N)=O)C(=O)O. The number of carbonyl (C=O) groups is 14. The van der Waals surface area contributed by atoms with Gasteiger partial charge < -0.3 is 99.8 Å². The number of nitrogens with one attached hydrogen (secondary N) is 10. The molecule has 35 heteroatoms. The fraction of sp³-hybridized carbons (Fsp3) is 0.493. The van der Waals surface area contributed by atoms with Crippen LogP contribution in [0.5, 0.6) is 11.5 Å². The highest BCUT2D eigenvalue weighted by atomic mass is 32.1. The summed E-state index contributed by atoms with van der Waals surface area (Å²) in [4.78, 5) is 194. The predicted molar refractivity (Wildman–Crippen MR) is 374 cm³/mol. The molecule has 5 rings (SSSR count). The van der Waals surface area contributed by atoms with Crippen molar-refractivity contribution in [1.82, 2.24) is 57.7 Å². The van der Waals surface area contributed by atoms with Crippen molar-refractivity contribution >= 4 is 119 Å². The van der Waals surface area contributed by atoms with Crippen molar-refractivity contribution in [2.45, 2.75) is 178 Å². The summed E-state index contributed by atoms with van der Waals surface area (Å²) in [5, 5.41) is 83.4. The molecular formula is C67H91N13O20S2. The predicted octanol–water partition coefficient (Wildman–Crippen LogP) is -1.79. The van der Waals surface area contributed by atoms with E-state index in [1.54, 1.807) is 58.2 Å². The summed E-state index contributed by atoms with van der Waals surface area (Å²) in [5.74, 6) is -17.6. The number of carboxylic acid groups (broad SMARTS) is 3. The van der Waals surface area contributed by atoms with Crippen LogP contribution >= 0.6 is 25.3 Å². The molecule has 13 atom stereocenters. The average molecular weight is 1460 g/mol. The molecule has 1 saturated heterocycles. The molecule has 20 N–H and O–H groups in total. The highest BCUT2D eigenvalue weighted by Gasteiger charge is 2.44. The van der Waals surface area contributed by atoms with Gasteiger partial charge in [-0.2, -0.15) is 25.3 Å². The molecule has 0 radical (unpaired) electrons. The monoisotopic (exact) mass is 1460 g/mol. The number of carboxylic acids is 3. The van der Waals surface area contributed by atoms with E-state index in [0.29, 0.717) is 39.6 Å². The number of aliphatic hydroxyl groups is 1. The highest BCUT2D eigenvalue weighted by Crippen LogP contribution is 2.24. The van der Waals surface area contributed by atoms with Gasteiger partial charge in [-0.15, -0.1) is 0 Å². The molecule has 0 saturated carbocycles. The third-order valence-corrected chi connectivity index (χ3v) is 17.7. The number of aliphatic carboxylic acids is 3. The van der Waals surface area contributed by atoms with Crippen molar-refractivity contribution in [1.29, 1.82) is 0 Å². The number of aromatic nitrogens is 1. The van der Waals surface area contributed by atoms with Crippen LogP contribution in [0.15, 0.2) is 72.9 Å². The number of thiol groups is 2. The Labute approximate surface area is 597 Å². The fourth-order valence-corrected chi connectivity index (χ4v) is 11.7. The van der Waals surface area contributed by atoms with Crippen molar-refractivity contribution in [3.05, 3.63) is 95.2 Å². The largest absolute Gasteiger partial charge is 0.508 e. The molecule has 0 spiro atoms. The van der Waals surface area contributed by atoms with E-state index in [1.165, 1.54) is 49.4 Å². The topological polar surface area (TPSA) is 540 Å². The number of amides is 11. The molecule has 1 aliphatic heterocycles. The number of likely N-dealkylation sites (tertiary alicyclic amines) is 1. The van der Waals surface area contributed by atoms with Crippen molar-refractivity contribution in [2.24, 2.45) is 23.3 Å². The molecule has 0 unspecified atom stereocenters. The molecule has 1 fully saturated rings. The second-order valence-corrected chi connectivity index (χ2v) is 26.2. The molecule has 556 valence electrons. The van der Waals surface area contributed by atoms with E-state index in [2.05, 4.69) is 78.1 Å². The summed E-state index contributed by atoms with van der Waals surface area (Å²) in [6.07, 6.45) is -3.72. The van der Waals surface area contributed by atoms with Crippen LogP contribution in [-0.2, 0) is 86.4 Å². The van der Waals surface area contributed by atoms with E-state index in [-0.39, 0.29) is 43.6 Å².